The lowest BCUT2D eigenvalue weighted by molar-refractivity contribution is -0.149. The summed E-state index contributed by atoms with van der Waals surface area (Å²) in [6.45, 7) is 11.2. The fraction of sp³-hybridized carbons (Fsp3) is 0.483. The van der Waals surface area contributed by atoms with E-state index in [1.807, 2.05) is 18.2 Å². The van der Waals surface area contributed by atoms with Crippen LogP contribution in [0.2, 0.25) is 0 Å². The van der Waals surface area contributed by atoms with Crippen molar-refractivity contribution >= 4 is 30.2 Å². The van der Waals surface area contributed by atoms with Crippen molar-refractivity contribution in [1.29, 1.82) is 0 Å². The van der Waals surface area contributed by atoms with Gasteiger partial charge in [0.1, 0.15) is 23.9 Å². The SMILES string of the molecule is Cc1cc2ncnc(N3CCC(CCP(=O)(N[C@@H](C)C(=O)OC(C)C)Oc4ccccc4)CC3)c2cc1C. The molecule has 4 rings (SSSR count). The lowest BCUT2D eigenvalue weighted by Gasteiger charge is -2.34. The van der Waals surface area contributed by atoms with Crippen LogP contribution in [-0.4, -0.2) is 47.3 Å². The number of ether oxygens (including phenoxy) is 1. The Morgan fingerprint density at radius 2 is 1.76 bits per heavy atom. The van der Waals surface area contributed by atoms with Gasteiger partial charge in [-0.05, 0) is 95.2 Å². The van der Waals surface area contributed by atoms with Gasteiger partial charge >= 0.3 is 13.5 Å². The fourth-order valence-corrected chi connectivity index (χ4v) is 6.95. The molecule has 204 valence electrons. The Labute approximate surface area is 225 Å². The number of hydrogen-bond acceptors (Lipinski definition) is 7. The number of anilines is 1. The summed E-state index contributed by atoms with van der Waals surface area (Å²) in [6, 6.07) is 12.7. The van der Waals surface area contributed by atoms with E-state index in [1.54, 1.807) is 39.2 Å². The highest BCUT2D eigenvalue weighted by Crippen LogP contribution is 2.46. The van der Waals surface area contributed by atoms with Gasteiger partial charge < -0.3 is 14.2 Å². The zero-order valence-corrected chi connectivity index (χ0v) is 23.9. The minimum atomic E-state index is -3.36. The molecule has 1 aliphatic heterocycles. The van der Waals surface area contributed by atoms with E-state index in [-0.39, 0.29) is 6.10 Å². The number of benzene rings is 2. The molecule has 0 radical (unpaired) electrons. The predicted molar refractivity (Wildman–Crippen MR) is 152 cm³/mol. The van der Waals surface area contributed by atoms with Crippen molar-refractivity contribution in [2.75, 3.05) is 24.2 Å². The van der Waals surface area contributed by atoms with Crippen LogP contribution in [0.4, 0.5) is 5.82 Å². The molecule has 0 aliphatic carbocycles. The number of hydrogen-bond donors (Lipinski definition) is 1. The molecule has 3 aromatic rings. The maximum absolute atomic E-state index is 13.9. The summed E-state index contributed by atoms with van der Waals surface area (Å²) in [7, 11) is -3.36. The molecule has 1 N–H and O–H groups in total. The molecule has 1 fully saturated rings. The molecule has 38 heavy (non-hydrogen) atoms. The summed E-state index contributed by atoms with van der Waals surface area (Å²) < 4.78 is 25.2. The molecule has 0 spiro atoms. The van der Waals surface area contributed by atoms with Gasteiger partial charge in [-0.15, -0.1) is 0 Å². The number of carbonyl (C=O) groups is 1. The Morgan fingerprint density at radius 1 is 1.08 bits per heavy atom. The van der Waals surface area contributed by atoms with E-state index in [0.717, 1.165) is 49.1 Å². The first-order valence-corrected chi connectivity index (χ1v) is 15.2. The number of rotatable bonds is 10. The summed E-state index contributed by atoms with van der Waals surface area (Å²) in [4.78, 5) is 23.8. The van der Waals surface area contributed by atoms with Crippen molar-refractivity contribution in [3.8, 4) is 5.75 Å². The second-order valence-corrected chi connectivity index (χ2v) is 12.7. The van der Waals surface area contributed by atoms with Crippen molar-refractivity contribution in [3.63, 3.8) is 0 Å². The van der Waals surface area contributed by atoms with Gasteiger partial charge in [0.05, 0.1) is 11.6 Å². The Bertz CT molecular complexity index is 1290. The van der Waals surface area contributed by atoms with E-state index in [1.165, 1.54) is 11.1 Å². The molecular weight excluding hydrogens is 499 g/mol. The van der Waals surface area contributed by atoms with Gasteiger partial charge in [-0.2, -0.15) is 0 Å². The maximum Gasteiger partial charge on any atom is 0.323 e. The molecule has 8 nitrogen and oxygen atoms in total. The molecule has 1 saturated heterocycles. The summed E-state index contributed by atoms with van der Waals surface area (Å²) in [6.07, 6.45) is 4.40. The van der Waals surface area contributed by atoms with Crippen LogP contribution in [0, 0.1) is 19.8 Å². The van der Waals surface area contributed by atoms with Crippen LogP contribution in [-0.2, 0) is 14.1 Å². The highest BCUT2D eigenvalue weighted by Gasteiger charge is 2.32. The van der Waals surface area contributed by atoms with Crippen molar-refractivity contribution < 1.29 is 18.6 Å². The molecule has 2 aromatic carbocycles. The molecule has 1 unspecified atom stereocenters. The van der Waals surface area contributed by atoms with E-state index in [4.69, 9.17) is 9.26 Å². The van der Waals surface area contributed by atoms with Gasteiger partial charge in [0.15, 0.2) is 0 Å². The molecule has 2 heterocycles. The van der Waals surface area contributed by atoms with Crippen molar-refractivity contribution in [1.82, 2.24) is 15.1 Å². The first kappa shape index (κ1) is 28.1. The standard InChI is InChI=1S/C29H39N4O4P/c1-20(2)36-29(34)23(5)32-38(35,37-25-9-7-6-8-10-25)16-13-24-11-14-33(15-12-24)28-26-17-21(3)22(4)18-27(26)30-19-31-28/h6-10,17-20,23-24H,11-16H2,1-5H3,(H,32,35)/t23-,38?/m0/s1. The molecule has 0 bridgehead atoms. The zero-order chi connectivity index (χ0) is 27.3. The van der Waals surface area contributed by atoms with Crippen LogP contribution in [0.15, 0.2) is 48.8 Å². The average Bonchev–Trinajstić information content (AvgIpc) is 2.88. The van der Waals surface area contributed by atoms with Crippen molar-refractivity contribution in [2.45, 2.75) is 66.0 Å². The minimum Gasteiger partial charge on any atom is -0.462 e. The second-order valence-electron chi connectivity index (χ2n) is 10.5. The largest absolute Gasteiger partial charge is 0.462 e. The Hall–Kier alpha value is -2.96. The monoisotopic (exact) mass is 538 g/mol. The molecule has 2 atom stereocenters. The number of nitrogens with zero attached hydrogens (tertiary/aromatic N) is 3. The number of aryl methyl sites for hydroxylation is 2. The number of esters is 1. The molecule has 1 aliphatic rings. The van der Waals surface area contributed by atoms with Crippen LogP contribution in [0.25, 0.3) is 10.9 Å². The quantitative estimate of drug-likeness (QED) is 0.246. The normalized spacial score (nSPS) is 16.8. The van der Waals surface area contributed by atoms with Gasteiger partial charge in [0.25, 0.3) is 0 Å². The van der Waals surface area contributed by atoms with Crippen LogP contribution in [0.1, 0.15) is 51.2 Å². The third-order valence-corrected chi connectivity index (χ3v) is 9.20. The summed E-state index contributed by atoms with van der Waals surface area (Å²) in [5.41, 5.74) is 3.43. The van der Waals surface area contributed by atoms with E-state index in [9.17, 15) is 9.36 Å². The van der Waals surface area contributed by atoms with E-state index in [0.29, 0.717) is 17.8 Å². The minimum absolute atomic E-state index is 0.244. The van der Waals surface area contributed by atoms with E-state index < -0.39 is 19.5 Å². The zero-order valence-electron chi connectivity index (χ0n) is 23.0. The molecule has 0 amide bonds. The van der Waals surface area contributed by atoms with Crippen LogP contribution in [0.3, 0.4) is 0 Å². The lowest BCUT2D eigenvalue weighted by atomic mass is 9.94. The van der Waals surface area contributed by atoms with Crippen LogP contribution >= 0.6 is 7.52 Å². The fourth-order valence-electron chi connectivity index (χ4n) is 4.81. The summed E-state index contributed by atoms with van der Waals surface area (Å²) in [5, 5.41) is 4.07. The van der Waals surface area contributed by atoms with E-state index in [2.05, 4.69) is 45.9 Å². The summed E-state index contributed by atoms with van der Waals surface area (Å²) >= 11 is 0. The highest BCUT2D eigenvalue weighted by atomic mass is 31.2. The third-order valence-electron chi connectivity index (χ3n) is 7.07. The Morgan fingerprint density at radius 3 is 2.45 bits per heavy atom. The number of carbonyl (C=O) groups excluding carboxylic acids is 1. The first-order valence-electron chi connectivity index (χ1n) is 13.4. The van der Waals surface area contributed by atoms with Gasteiger partial charge in [-0.1, -0.05) is 18.2 Å². The van der Waals surface area contributed by atoms with Gasteiger partial charge in [-0.25, -0.2) is 15.1 Å². The van der Waals surface area contributed by atoms with Crippen LogP contribution in [0.5, 0.6) is 5.75 Å². The van der Waals surface area contributed by atoms with Crippen molar-refractivity contribution in [2.24, 2.45) is 5.92 Å². The molecule has 0 saturated carbocycles. The number of fused-ring (bicyclic) bond motifs is 1. The topological polar surface area (TPSA) is 93.7 Å². The number of aromatic nitrogens is 2. The number of para-hydroxylation sites is 1. The summed E-state index contributed by atoms with van der Waals surface area (Å²) in [5.74, 6) is 1.46. The Kier molecular flexibility index (Phi) is 9.06. The van der Waals surface area contributed by atoms with E-state index >= 15 is 0 Å². The highest BCUT2D eigenvalue weighted by molar-refractivity contribution is 7.57. The predicted octanol–water partition coefficient (Wildman–Crippen LogP) is 6.05. The maximum atomic E-state index is 13.9. The Balaban J connectivity index is 1.41. The molecule has 9 heteroatoms. The van der Waals surface area contributed by atoms with Crippen molar-refractivity contribution in [3.05, 3.63) is 59.9 Å². The first-order chi connectivity index (χ1) is 18.1. The lowest BCUT2D eigenvalue weighted by Crippen LogP contribution is -2.37. The van der Waals surface area contributed by atoms with Crippen LogP contribution < -0.4 is 14.5 Å². The van der Waals surface area contributed by atoms with Gasteiger partial charge in [0.2, 0.25) is 0 Å². The number of nitrogens with one attached hydrogen (secondary N) is 1. The average molecular weight is 539 g/mol. The molecule has 1 aromatic heterocycles. The third kappa shape index (κ3) is 7.12. The second kappa shape index (κ2) is 12.3. The molecular formula is C29H39N4O4P. The van der Waals surface area contributed by atoms with Gasteiger partial charge in [-0.3, -0.25) is 9.36 Å². The van der Waals surface area contributed by atoms with Gasteiger partial charge in [0, 0.05) is 24.6 Å². The number of piperidine rings is 1. The smallest absolute Gasteiger partial charge is 0.323 e.